The molecule has 1 aliphatic heterocycles. The zero-order valence-corrected chi connectivity index (χ0v) is 9.72. The summed E-state index contributed by atoms with van der Waals surface area (Å²) in [6, 6.07) is 2.20. The molecule has 1 saturated heterocycles. The Labute approximate surface area is 96.0 Å². The molecule has 0 aliphatic carbocycles. The Bertz CT molecular complexity index is 364. The average molecular weight is 221 g/mol. The first-order valence-electron chi connectivity index (χ1n) is 5.78. The minimum absolute atomic E-state index is 0.205. The molecule has 0 unspecified atom stereocenters. The monoisotopic (exact) mass is 221 g/mol. The maximum Gasteiger partial charge on any atom is 0.178 e. The number of hydrogen-bond acceptors (Lipinski definition) is 3. The molecule has 0 atom stereocenters. The third kappa shape index (κ3) is 2.71. The molecule has 2 N–H and O–H groups in total. The molecule has 1 aromatic heterocycles. The summed E-state index contributed by atoms with van der Waals surface area (Å²) >= 11 is 0. The van der Waals surface area contributed by atoms with Gasteiger partial charge >= 0.3 is 0 Å². The van der Waals surface area contributed by atoms with Crippen LogP contribution in [0.25, 0.3) is 0 Å². The van der Waals surface area contributed by atoms with Crippen LogP contribution in [0.15, 0.2) is 18.5 Å². The standard InChI is InChI=1S/C12H19N3O/c1-14-5-2-10(8-14)12(16)9-15-6-3-11(13)4-7-15/h2,5,8,11H,3-4,6-7,9,13H2,1H3. The molecule has 88 valence electrons. The van der Waals surface area contributed by atoms with Crippen LogP contribution in [0, 0.1) is 0 Å². The molecule has 0 amide bonds. The molecule has 0 bridgehead atoms. The van der Waals surface area contributed by atoms with Gasteiger partial charge in [-0.1, -0.05) is 0 Å². The van der Waals surface area contributed by atoms with Gasteiger partial charge in [-0.25, -0.2) is 0 Å². The van der Waals surface area contributed by atoms with Gasteiger partial charge in [-0.05, 0) is 18.9 Å². The van der Waals surface area contributed by atoms with E-state index in [1.165, 1.54) is 0 Å². The van der Waals surface area contributed by atoms with Crippen molar-refractivity contribution < 1.29 is 4.79 Å². The SMILES string of the molecule is Cn1ccc(C(=O)CN2CCC(N)CC2)c1. The summed E-state index contributed by atoms with van der Waals surface area (Å²) in [7, 11) is 1.93. The number of nitrogens with two attached hydrogens (primary N) is 1. The van der Waals surface area contributed by atoms with Crippen LogP contribution in [0.4, 0.5) is 0 Å². The van der Waals surface area contributed by atoms with E-state index in [0.717, 1.165) is 31.5 Å². The van der Waals surface area contributed by atoms with Crippen molar-refractivity contribution >= 4 is 5.78 Å². The lowest BCUT2D eigenvalue weighted by Crippen LogP contribution is -2.41. The molecular weight excluding hydrogens is 202 g/mol. The van der Waals surface area contributed by atoms with Gasteiger partial charge in [-0.2, -0.15) is 0 Å². The van der Waals surface area contributed by atoms with E-state index in [-0.39, 0.29) is 5.78 Å². The number of aryl methyl sites for hydroxylation is 1. The van der Waals surface area contributed by atoms with E-state index >= 15 is 0 Å². The van der Waals surface area contributed by atoms with Crippen LogP contribution < -0.4 is 5.73 Å². The molecule has 0 saturated carbocycles. The number of aromatic nitrogens is 1. The van der Waals surface area contributed by atoms with E-state index in [1.807, 2.05) is 30.1 Å². The Morgan fingerprint density at radius 2 is 2.19 bits per heavy atom. The zero-order chi connectivity index (χ0) is 11.5. The highest BCUT2D eigenvalue weighted by molar-refractivity contribution is 5.97. The van der Waals surface area contributed by atoms with Gasteiger partial charge in [0.25, 0.3) is 0 Å². The smallest absolute Gasteiger partial charge is 0.178 e. The Morgan fingerprint density at radius 3 is 2.75 bits per heavy atom. The lowest BCUT2D eigenvalue weighted by Gasteiger charge is -2.29. The van der Waals surface area contributed by atoms with Crippen molar-refractivity contribution in [1.29, 1.82) is 0 Å². The lowest BCUT2D eigenvalue weighted by molar-refractivity contribution is 0.0910. The van der Waals surface area contributed by atoms with E-state index in [2.05, 4.69) is 4.90 Å². The van der Waals surface area contributed by atoms with Crippen molar-refractivity contribution in [1.82, 2.24) is 9.47 Å². The summed E-state index contributed by atoms with van der Waals surface area (Å²) in [5.74, 6) is 0.205. The van der Waals surface area contributed by atoms with Crippen LogP contribution in [-0.4, -0.2) is 40.9 Å². The van der Waals surface area contributed by atoms with Crippen molar-refractivity contribution in [2.24, 2.45) is 12.8 Å². The second-order valence-corrected chi connectivity index (χ2v) is 4.60. The van der Waals surface area contributed by atoms with Gasteiger partial charge in [0.2, 0.25) is 0 Å². The number of likely N-dealkylation sites (tertiary alicyclic amines) is 1. The quantitative estimate of drug-likeness (QED) is 0.762. The second kappa shape index (κ2) is 4.80. The molecule has 2 heterocycles. The first kappa shape index (κ1) is 11.4. The number of piperidine rings is 1. The molecule has 0 radical (unpaired) electrons. The largest absolute Gasteiger partial charge is 0.357 e. The van der Waals surface area contributed by atoms with Crippen LogP contribution in [0.3, 0.4) is 0 Å². The second-order valence-electron chi connectivity index (χ2n) is 4.60. The third-order valence-corrected chi connectivity index (χ3v) is 3.15. The summed E-state index contributed by atoms with van der Waals surface area (Å²) in [5.41, 5.74) is 6.63. The Kier molecular flexibility index (Phi) is 3.41. The Hall–Kier alpha value is -1.13. The van der Waals surface area contributed by atoms with Gasteiger partial charge in [-0.15, -0.1) is 0 Å². The van der Waals surface area contributed by atoms with E-state index in [9.17, 15) is 4.79 Å². The van der Waals surface area contributed by atoms with Crippen molar-refractivity contribution in [3.05, 3.63) is 24.0 Å². The van der Waals surface area contributed by atoms with Crippen molar-refractivity contribution in [2.45, 2.75) is 18.9 Å². The third-order valence-electron chi connectivity index (χ3n) is 3.15. The van der Waals surface area contributed by atoms with Gasteiger partial charge in [-0.3, -0.25) is 9.69 Å². The number of hydrogen-bond donors (Lipinski definition) is 1. The highest BCUT2D eigenvalue weighted by Crippen LogP contribution is 2.09. The van der Waals surface area contributed by atoms with Crippen LogP contribution >= 0.6 is 0 Å². The molecule has 0 spiro atoms. The first-order valence-corrected chi connectivity index (χ1v) is 5.78. The van der Waals surface area contributed by atoms with Crippen LogP contribution in [0.1, 0.15) is 23.2 Å². The zero-order valence-electron chi connectivity index (χ0n) is 9.72. The molecule has 4 nitrogen and oxygen atoms in total. The Morgan fingerprint density at radius 1 is 1.50 bits per heavy atom. The number of nitrogens with zero attached hydrogens (tertiary/aromatic N) is 2. The van der Waals surface area contributed by atoms with Gasteiger partial charge in [0.15, 0.2) is 5.78 Å². The van der Waals surface area contributed by atoms with E-state index in [4.69, 9.17) is 5.73 Å². The molecule has 1 aliphatic rings. The van der Waals surface area contributed by atoms with Crippen LogP contribution in [-0.2, 0) is 7.05 Å². The van der Waals surface area contributed by atoms with Crippen molar-refractivity contribution in [3.63, 3.8) is 0 Å². The maximum atomic E-state index is 11.9. The number of carbonyl (C=O) groups excluding carboxylic acids is 1. The number of carbonyl (C=O) groups is 1. The highest BCUT2D eigenvalue weighted by Gasteiger charge is 2.18. The fraction of sp³-hybridized carbons (Fsp3) is 0.583. The summed E-state index contributed by atoms with van der Waals surface area (Å²) in [6.07, 6.45) is 5.78. The van der Waals surface area contributed by atoms with Gasteiger partial charge in [0.1, 0.15) is 0 Å². The normalized spacial score (nSPS) is 18.9. The summed E-state index contributed by atoms with van der Waals surface area (Å²) in [6.45, 7) is 2.41. The van der Waals surface area contributed by atoms with E-state index < -0.39 is 0 Å². The van der Waals surface area contributed by atoms with Crippen molar-refractivity contribution in [3.8, 4) is 0 Å². The lowest BCUT2D eigenvalue weighted by atomic mass is 10.1. The van der Waals surface area contributed by atoms with Crippen LogP contribution in [0.2, 0.25) is 0 Å². The summed E-state index contributed by atoms with van der Waals surface area (Å²) < 4.78 is 1.90. The molecule has 0 aromatic carbocycles. The van der Waals surface area contributed by atoms with Gasteiger partial charge < -0.3 is 10.3 Å². The molecule has 4 heteroatoms. The molecule has 16 heavy (non-hydrogen) atoms. The first-order chi connectivity index (χ1) is 7.65. The fourth-order valence-corrected chi connectivity index (χ4v) is 2.07. The van der Waals surface area contributed by atoms with E-state index in [0.29, 0.717) is 12.6 Å². The van der Waals surface area contributed by atoms with E-state index in [1.54, 1.807) is 0 Å². The predicted molar refractivity (Wildman–Crippen MR) is 63.4 cm³/mol. The number of ketones is 1. The molecular formula is C12H19N3O. The maximum absolute atomic E-state index is 11.9. The summed E-state index contributed by atoms with van der Waals surface area (Å²) in [5, 5.41) is 0. The molecule has 2 rings (SSSR count). The van der Waals surface area contributed by atoms with Crippen LogP contribution in [0.5, 0.6) is 0 Å². The number of Topliss-reactive ketones (excluding diaryl/α,β-unsaturated/α-hetero) is 1. The fourth-order valence-electron chi connectivity index (χ4n) is 2.07. The topological polar surface area (TPSA) is 51.3 Å². The predicted octanol–water partition coefficient (Wildman–Crippen LogP) is 0.631. The molecule has 1 fully saturated rings. The van der Waals surface area contributed by atoms with Gasteiger partial charge in [0, 0.05) is 44.1 Å². The Balaban J connectivity index is 1.88. The minimum atomic E-state index is 0.205. The summed E-state index contributed by atoms with van der Waals surface area (Å²) in [4.78, 5) is 14.1. The number of rotatable bonds is 3. The molecule has 1 aromatic rings. The minimum Gasteiger partial charge on any atom is -0.357 e. The highest BCUT2D eigenvalue weighted by atomic mass is 16.1. The average Bonchev–Trinajstić information content (AvgIpc) is 2.68. The van der Waals surface area contributed by atoms with Crippen molar-refractivity contribution in [2.75, 3.05) is 19.6 Å². The van der Waals surface area contributed by atoms with Gasteiger partial charge in [0.05, 0.1) is 6.54 Å².